The van der Waals surface area contributed by atoms with E-state index in [1.165, 1.54) is 37.0 Å². The molecule has 1 saturated carbocycles. The number of carbonyl (C=O) groups excluding carboxylic acids is 1. The molecule has 1 aliphatic rings. The Morgan fingerprint density at radius 2 is 2.00 bits per heavy atom. The predicted octanol–water partition coefficient (Wildman–Crippen LogP) is 4.68. The van der Waals surface area contributed by atoms with Crippen molar-refractivity contribution in [2.24, 2.45) is 11.7 Å². The first-order chi connectivity index (χ1) is 12.3. The molecule has 3 nitrogen and oxygen atoms in total. The highest BCUT2D eigenvalue weighted by Gasteiger charge is 2.25. The highest BCUT2D eigenvalue weighted by atomic mass is 32.2. The maximum Gasteiger partial charge on any atom is 0.252 e. The Labute approximate surface area is 158 Å². The molecular weight excluding hydrogens is 348 g/mol. The van der Waals surface area contributed by atoms with Gasteiger partial charge in [-0.2, -0.15) is 0 Å². The van der Waals surface area contributed by atoms with E-state index < -0.39 is 0 Å². The van der Waals surface area contributed by atoms with Crippen molar-refractivity contribution in [2.75, 3.05) is 6.54 Å². The van der Waals surface area contributed by atoms with Crippen LogP contribution in [0.15, 0.2) is 46.7 Å². The van der Waals surface area contributed by atoms with Crippen LogP contribution in [-0.2, 0) is 5.75 Å². The Hall–Kier alpha value is -1.30. The van der Waals surface area contributed by atoms with Gasteiger partial charge in [0.05, 0.1) is 5.56 Å². The molecule has 1 heterocycles. The van der Waals surface area contributed by atoms with E-state index in [9.17, 15) is 4.79 Å². The molecule has 1 aromatic carbocycles. The summed E-state index contributed by atoms with van der Waals surface area (Å²) in [4.78, 5) is 15.2. The second kappa shape index (κ2) is 9.41. The molecule has 0 radical (unpaired) electrons. The van der Waals surface area contributed by atoms with Crippen molar-refractivity contribution in [3.63, 3.8) is 0 Å². The Morgan fingerprint density at radius 1 is 1.20 bits per heavy atom. The minimum Gasteiger partial charge on any atom is -0.348 e. The highest BCUT2D eigenvalue weighted by Crippen LogP contribution is 2.29. The summed E-state index contributed by atoms with van der Waals surface area (Å²) in [6.45, 7) is 0.515. The summed E-state index contributed by atoms with van der Waals surface area (Å²) >= 11 is 3.47. The van der Waals surface area contributed by atoms with E-state index in [1.807, 2.05) is 24.3 Å². The zero-order valence-corrected chi connectivity index (χ0v) is 16.1. The van der Waals surface area contributed by atoms with Crippen LogP contribution in [0.4, 0.5) is 0 Å². The quantitative estimate of drug-likeness (QED) is 0.692. The first-order valence-corrected chi connectivity index (χ1v) is 10.9. The van der Waals surface area contributed by atoms with Gasteiger partial charge in [-0.1, -0.05) is 37.5 Å². The fraction of sp³-hybridized carbons (Fsp3) is 0.450. The van der Waals surface area contributed by atoms with Crippen LogP contribution in [-0.4, -0.2) is 18.5 Å². The molecule has 3 N–H and O–H groups in total. The van der Waals surface area contributed by atoms with Crippen LogP contribution < -0.4 is 11.1 Å². The highest BCUT2D eigenvalue weighted by molar-refractivity contribution is 7.98. The molecule has 2 aromatic rings. The van der Waals surface area contributed by atoms with Crippen LogP contribution >= 0.6 is 23.1 Å². The number of nitrogens with one attached hydrogen (secondary N) is 1. The van der Waals surface area contributed by atoms with E-state index in [0.29, 0.717) is 12.5 Å². The largest absolute Gasteiger partial charge is 0.348 e. The minimum absolute atomic E-state index is 0.00954. The van der Waals surface area contributed by atoms with Gasteiger partial charge in [-0.15, -0.1) is 23.1 Å². The first kappa shape index (κ1) is 18.5. The Bertz CT molecular complexity index is 666. The fourth-order valence-corrected chi connectivity index (χ4v) is 5.30. The maximum atomic E-state index is 12.9. The van der Waals surface area contributed by atoms with Gasteiger partial charge >= 0.3 is 0 Å². The standard InChI is InChI=1S/C20H26N2OS2/c21-13-18(15-7-2-1-3-8-15)22-20(23)17-10-4-5-11-19(17)25-14-16-9-6-12-24-16/h4-6,9-12,15,18H,1-3,7-8,13-14,21H2,(H,22,23). The molecule has 134 valence electrons. The molecule has 3 rings (SSSR count). The summed E-state index contributed by atoms with van der Waals surface area (Å²) in [7, 11) is 0. The smallest absolute Gasteiger partial charge is 0.252 e. The lowest BCUT2D eigenvalue weighted by molar-refractivity contribution is 0.0912. The van der Waals surface area contributed by atoms with Crippen LogP contribution in [0, 0.1) is 5.92 Å². The Kier molecular flexibility index (Phi) is 6.96. The summed E-state index contributed by atoms with van der Waals surface area (Å²) in [5.74, 6) is 1.43. The van der Waals surface area contributed by atoms with Crippen molar-refractivity contribution >= 4 is 29.0 Å². The average molecular weight is 375 g/mol. The van der Waals surface area contributed by atoms with Crippen LogP contribution in [0.2, 0.25) is 0 Å². The number of amides is 1. The number of thioether (sulfide) groups is 1. The number of hydrogen-bond donors (Lipinski definition) is 2. The van der Waals surface area contributed by atoms with E-state index >= 15 is 0 Å². The molecule has 1 aromatic heterocycles. The van der Waals surface area contributed by atoms with Gasteiger partial charge in [-0.05, 0) is 42.3 Å². The molecule has 1 fully saturated rings. The zero-order valence-electron chi connectivity index (χ0n) is 14.4. The number of carbonyl (C=O) groups is 1. The molecule has 5 heteroatoms. The monoisotopic (exact) mass is 374 g/mol. The van der Waals surface area contributed by atoms with E-state index in [2.05, 4.69) is 22.8 Å². The lowest BCUT2D eigenvalue weighted by Gasteiger charge is -2.30. The Morgan fingerprint density at radius 3 is 2.72 bits per heavy atom. The summed E-state index contributed by atoms with van der Waals surface area (Å²) < 4.78 is 0. The van der Waals surface area contributed by atoms with Crippen molar-refractivity contribution in [3.05, 3.63) is 52.2 Å². The molecule has 25 heavy (non-hydrogen) atoms. The summed E-state index contributed by atoms with van der Waals surface area (Å²) in [5.41, 5.74) is 6.73. The van der Waals surface area contributed by atoms with Crippen molar-refractivity contribution in [1.29, 1.82) is 0 Å². The van der Waals surface area contributed by atoms with Gasteiger partial charge in [0.1, 0.15) is 0 Å². The molecule has 0 bridgehead atoms. The van der Waals surface area contributed by atoms with Crippen molar-refractivity contribution in [1.82, 2.24) is 5.32 Å². The molecule has 1 unspecified atom stereocenters. The third kappa shape index (κ3) is 5.09. The number of nitrogens with two attached hydrogens (primary N) is 1. The maximum absolute atomic E-state index is 12.9. The lowest BCUT2D eigenvalue weighted by Crippen LogP contribution is -2.46. The van der Waals surface area contributed by atoms with Gasteiger partial charge in [0.2, 0.25) is 0 Å². The zero-order chi connectivity index (χ0) is 17.5. The summed E-state index contributed by atoms with van der Waals surface area (Å²) in [5, 5.41) is 5.30. The van der Waals surface area contributed by atoms with Gasteiger partial charge in [-0.3, -0.25) is 4.79 Å². The van der Waals surface area contributed by atoms with Gasteiger partial charge in [0, 0.05) is 28.1 Å². The number of benzene rings is 1. The van der Waals surface area contributed by atoms with E-state index in [4.69, 9.17) is 5.73 Å². The molecule has 1 amide bonds. The molecule has 1 aliphatic carbocycles. The van der Waals surface area contributed by atoms with Crippen molar-refractivity contribution in [3.8, 4) is 0 Å². The van der Waals surface area contributed by atoms with Crippen molar-refractivity contribution in [2.45, 2.75) is 48.8 Å². The van der Waals surface area contributed by atoms with Crippen LogP contribution in [0.5, 0.6) is 0 Å². The number of hydrogen-bond acceptors (Lipinski definition) is 4. The van der Waals surface area contributed by atoms with Gasteiger partial charge < -0.3 is 11.1 Å². The summed E-state index contributed by atoms with van der Waals surface area (Å²) in [6, 6.07) is 12.2. The Balaban J connectivity index is 1.66. The van der Waals surface area contributed by atoms with Gasteiger partial charge in [-0.25, -0.2) is 0 Å². The first-order valence-electron chi connectivity index (χ1n) is 9.03. The van der Waals surface area contributed by atoms with E-state index in [-0.39, 0.29) is 11.9 Å². The number of thiophene rings is 1. The molecule has 0 spiro atoms. The van der Waals surface area contributed by atoms with E-state index in [0.717, 1.165) is 16.2 Å². The van der Waals surface area contributed by atoms with Crippen LogP contribution in [0.25, 0.3) is 0 Å². The predicted molar refractivity (Wildman–Crippen MR) is 107 cm³/mol. The average Bonchev–Trinajstić information content (AvgIpc) is 3.19. The van der Waals surface area contributed by atoms with Gasteiger partial charge in [0.15, 0.2) is 0 Å². The second-order valence-corrected chi connectivity index (χ2v) is 8.63. The minimum atomic E-state index is 0.00954. The topological polar surface area (TPSA) is 55.1 Å². The van der Waals surface area contributed by atoms with Gasteiger partial charge in [0.25, 0.3) is 5.91 Å². The lowest BCUT2D eigenvalue weighted by atomic mass is 9.84. The fourth-order valence-electron chi connectivity index (χ4n) is 3.48. The third-order valence-corrected chi connectivity index (χ3v) is 7.05. The number of rotatable bonds is 7. The molecule has 1 atom stereocenters. The van der Waals surface area contributed by atoms with Crippen LogP contribution in [0.1, 0.15) is 47.3 Å². The third-order valence-electron chi connectivity index (χ3n) is 4.87. The molecule has 0 aliphatic heterocycles. The summed E-state index contributed by atoms with van der Waals surface area (Å²) in [6.07, 6.45) is 6.17. The normalized spacial score (nSPS) is 16.5. The second-order valence-electron chi connectivity index (χ2n) is 6.58. The van der Waals surface area contributed by atoms with Crippen molar-refractivity contribution < 1.29 is 4.79 Å². The van der Waals surface area contributed by atoms with E-state index in [1.54, 1.807) is 23.1 Å². The molecule has 0 saturated heterocycles. The van der Waals surface area contributed by atoms with Crippen LogP contribution in [0.3, 0.4) is 0 Å². The molecular formula is C20H26N2OS2. The SMILES string of the molecule is NCC(NC(=O)c1ccccc1SCc1cccs1)C1CCCCC1.